The molecule has 1 heterocycles. The summed E-state index contributed by atoms with van der Waals surface area (Å²) in [5.41, 5.74) is 0. The van der Waals surface area contributed by atoms with Gasteiger partial charge in [0.15, 0.2) is 0 Å². The summed E-state index contributed by atoms with van der Waals surface area (Å²) in [6, 6.07) is 0.631. The lowest BCUT2D eigenvalue weighted by Crippen LogP contribution is -2.49. The van der Waals surface area contributed by atoms with E-state index in [-0.39, 0.29) is 12.0 Å². The van der Waals surface area contributed by atoms with Gasteiger partial charge in [-0.05, 0) is 31.7 Å². The molecule has 2 aliphatic rings. The molecular weight excluding hydrogens is 230 g/mol. The fraction of sp³-hybridized carbons (Fsp3) is 0.929. The first kappa shape index (κ1) is 13.8. The smallest absolute Gasteiger partial charge is 0.310 e. The van der Waals surface area contributed by atoms with Crippen molar-refractivity contribution in [3.8, 4) is 0 Å². The molecule has 104 valence electrons. The second-order valence-electron chi connectivity index (χ2n) is 5.76. The zero-order valence-corrected chi connectivity index (χ0v) is 11.5. The molecule has 1 aliphatic heterocycles. The Morgan fingerprint density at radius 2 is 2.11 bits per heavy atom. The number of carboxylic acids is 1. The topological polar surface area (TPSA) is 49.8 Å². The molecule has 2 fully saturated rings. The van der Waals surface area contributed by atoms with Crippen LogP contribution < -0.4 is 0 Å². The third-order valence-electron chi connectivity index (χ3n) is 4.52. The van der Waals surface area contributed by atoms with E-state index in [1.165, 1.54) is 19.3 Å². The molecule has 4 unspecified atom stereocenters. The first-order valence-corrected chi connectivity index (χ1v) is 7.21. The number of nitrogens with zero attached hydrogens (tertiary/aromatic N) is 1. The van der Waals surface area contributed by atoms with E-state index in [0.29, 0.717) is 25.2 Å². The van der Waals surface area contributed by atoms with Crippen LogP contribution in [0.4, 0.5) is 0 Å². The van der Waals surface area contributed by atoms with Gasteiger partial charge < -0.3 is 9.84 Å². The Hall–Kier alpha value is -0.610. The highest BCUT2D eigenvalue weighted by Gasteiger charge is 2.42. The average molecular weight is 255 g/mol. The van der Waals surface area contributed by atoms with Crippen LogP contribution in [-0.4, -0.2) is 47.8 Å². The predicted molar refractivity (Wildman–Crippen MR) is 69.5 cm³/mol. The molecule has 0 aromatic heterocycles. The molecule has 0 amide bonds. The van der Waals surface area contributed by atoms with Gasteiger partial charge in [-0.1, -0.05) is 20.3 Å². The Balaban J connectivity index is 2.11. The van der Waals surface area contributed by atoms with Gasteiger partial charge in [0.1, 0.15) is 0 Å². The molecule has 0 aromatic rings. The fourth-order valence-electron chi connectivity index (χ4n) is 3.56. The van der Waals surface area contributed by atoms with Gasteiger partial charge in [0, 0.05) is 12.1 Å². The van der Waals surface area contributed by atoms with Crippen molar-refractivity contribution >= 4 is 5.97 Å². The maximum absolute atomic E-state index is 11.3. The average Bonchev–Trinajstić information content (AvgIpc) is 2.94. The number of aliphatic carboxylic acids is 1. The maximum atomic E-state index is 11.3. The summed E-state index contributed by atoms with van der Waals surface area (Å²) in [6.45, 7) is 6.42. The second kappa shape index (κ2) is 6.02. The van der Waals surface area contributed by atoms with Crippen molar-refractivity contribution in [2.24, 2.45) is 11.8 Å². The van der Waals surface area contributed by atoms with Crippen molar-refractivity contribution in [3.63, 3.8) is 0 Å². The number of ether oxygens (including phenoxy) is 1. The van der Waals surface area contributed by atoms with Crippen LogP contribution in [0.3, 0.4) is 0 Å². The summed E-state index contributed by atoms with van der Waals surface area (Å²) in [5, 5.41) is 9.30. The third kappa shape index (κ3) is 2.69. The number of hydrogen-bond donors (Lipinski definition) is 1. The van der Waals surface area contributed by atoms with E-state index < -0.39 is 5.97 Å². The molecule has 1 saturated carbocycles. The zero-order valence-electron chi connectivity index (χ0n) is 11.5. The third-order valence-corrected chi connectivity index (χ3v) is 4.52. The second-order valence-corrected chi connectivity index (χ2v) is 5.76. The highest BCUT2D eigenvalue weighted by atomic mass is 16.5. The standard InChI is InChI=1S/C14H25NO3/c1-3-7-15(12-6-4-5-10(12)2)13-9-18-8-11(13)14(16)17/h10-13H,3-9H2,1-2H3,(H,16,17). The van der Waals surface area contributed by atoms with Crippen molar-refractivity contribution in [2.75, 3.05) is 19.8 Å². The first-order chi connectivity index (χ1) is 8.65. The van der Waals surface area contributed by atoms with E-state index in [9.17, 15) is 9.90 Å². The minimum atomic E-state index is -0.704. The Kier molecular flexibility index (Phi) is 4.62. The van der Waals surface area contributed by atoms with Gasteiger partial charge in [-0.15, -0.1) is 0 Å². The molecule has 4 nitrogen and oxygen atoms in total. The van der Waals surface area contributed by atoms with Gasteiger partial charge in [-0.2, -0.15) is 0 Å². The van der Waals surface area contributed by atoms with Crippen molar-refractivity contribution in [1.82, 2.24) is 4.90 Å². The van der Waals surface area contributed by atoms with Crippen LogP contribution in [0.2, 0.25) is 0 Å². The Bertz CT molecular complexity index is 295. The van der Waals surface area contributed by atoms with E-state index in [1.807, 2.05) is 0 Å². The number of carboxylic acid groups (broad SMARTS) is 1. The fourth-order valence-corrected chi connectivity index (χ4v) is 3.56. The first-order valence-electron chi connectivity index (χ1n) is 7.21. The lowest BCUT2D eigenvalue weighted by Gasteiger charge is -2.37. The normalized spacial score (nSPS) is 36.4. The quantitative estimate of drug-likeness (QED) is 0.816. The van der Waals surface area contributed by atoms with Gasteiger partial charge in [0.2, 0.25) is 0 Å². The zero-order chi connectivity index (χ0) is 13.1. The molecule has 18 heavy (non-hydrogen) atoms. The summed E-state index contributed by atoms with van der Waals surface area (Å²) in [4.78, 5) is 13.7. The molecule has 1 N–H and O–H groups in total. The monoisotopic (exact) mass is 255 g/mol. The highest BCUT2D eigenvalue weighted by molar-refractivity contribution is 5.71. The van der Waals surface area contributed by atoms with Crippen LogP contribution in [0.15, 0.2) is 0 Å². The maximum Gasteiger partial charge on any atom is 0.310 e. The van der Waals surface area contributed by atoms with E-state index in [0.717, 1.165) is 13.0 Å². The van der Waals surface area contributed by atoms with E-state index in [1.54, 1.807) is 0 Å². The lowest BCUT2D eigenvalue weighted by molar-refractivity contribution is -0.143. The van der Waals surface area contributed by atoms with Crippen LogP contribution in [0, 0.1) is 11.8 Å². The van der Waals surface area contributed by atoms with Crippen LogP contribution in [0.5, 0.6) is 0 Å². The Morgan fingerprint density at radius 1 is 1.33 bits per heavy atom. The molecule has 0 aromatic carbocycles. The lowest BCUT2D eigenvalue weighted by atomic mass is 9.96. The van der Waals surface area contributed by atoms with Crippen LogP contribution in [0.1, 0.15) is 39.5 Å². The molecule has 2 rings (SSSR count). The minimum absolute atomic E-state index is 0.0769. The van der Waals surface area contributed by atoms with Crippen LogP contribution in [0.25, 0.3) is 0 Å². The van der Waals surface area contributed by atoms with Crippen LogP contribution >= 0.6 is 0 Å². The molecule has 4 heteroatoms. The largest absolute Gasteiger partial charge is 0.481 e. The van der Waals surface area contributed by atoms with E-state index in [4.69, 9.17) is 4.74 Å². The molecule has 0 bridgehead atoms. The molecule has 1 aliphatic carbocycles. The van der Waals surface area contributed by atoms with Gasteiger partial charge in [0.05, 0.1) is 19.1 Å². The number of hydrogen-bond acceptors (Lipinski definition) is 3. The SMILES string of the molecule is CCCN(C1CCCC1C)C1COCC1C(=O)O. The summed E-state index contributed by atoms with van der Waals surface area (Å²) >= 11 is 0. The van der Waals surface area contributed by atoms with Gasteiger partial charge >= 0.3 is 5.97 Å². The molecular formula is C14H25NO3. The molecule has 1 saturated heterocycles. The van der Waals surface area contributed by atoms with Gasteiger partial charge in [-0.3, -0.25) is 9.69 Å². The highest BCUT2D eigenvalue weighted by Crippen LogP contribution is 2.33. The number of rotatable bonds is 5. The van der Waals surface area contributed by atoms with Crippen LogP contribution in [-0.2, 0) is 9.53 Å². The van der Waals surface area contributed by atoms with E-state index in [2.05, 4.69) is 18.7 Å². The van der Waals surface area contributed by atoms with Gasteiger partial charge in [0.25, 0.3) is 0 Å². The van der Waals surface area contributed by atoms with Crippen molar-refractivity contribution in [2.45, 2.75) is 51.6 Å². The van der Waals surface area contributed by atoms with Crippen molar-refractivity contribution in [3.05, 3.63) is 0 Å². The summed E-state index contributed by atoms with van der Waals surface area (Å²) in [7, 11) is 0. The molecule has 0 spiro atoms. The van der Waals surface area contributed by atoms with E-state index >= 15 is 0 Å². The van der Waals surface area contributed by atoms with Crippen molar-refractivity contribution in [1.29, 1.82) is 0 Å². The summed E-state index contributed by atoms with van der Waals surface area (Å²) in [5.74, 6) is -0.361. The molecule has 4 atom stereocenters. The Morgan fingerprint density at radius 3 is 2.67 bits per heavy atom. The minimum Gasteiger partial charge on any atom is -0.481 e. The predicted octanol–water partition coefficient (Wildman–Crippen LogP) is 1.99. The number of carbonyl (C=O) groups is 1. The van der Waals surface area contributed by atoms with Gasteiger partial charge in [-0.25, -0.2) is 0 Å². The summed E-state index contributed by atoms with van der Waals surface area (Å²) in [6.07, 6.45) is 4.84. The molecule has 0 radical (unpaired) electrons. The Labute approximate surface area is 109 Å². The van der Waals surface area contributed by atoms with Crippen molar-refractivity contribution < 1.29 is 14.6 Å². The summed E-state index contributed by atoms with van der Waals surface area (Å²) < 4.78 is 5.43.